The average Bonchev–Trinajstić information content (AvgIpc) is 2.94. The van der Waals surface area contributed by atoms with Gasteiger partial charge in [0.25, 0.3) is 0 Å². The number of aliphatic hydroxyl groups is 3. The molecule has 1 unspecified atom stereocenters. The molecule has 2 aromatic rings. The molecule has 10 heteroatoms. The minimum Gasteiger partial charge on any atom is -0.494 e. The van der Waals surface area contributed by atoms with Crippen LogP contribution < -0.4 is 10.1 Å². The van der Waals surface area contributed by atoms with Crippen molar-refractivity contribution in [1.29, 1.82) is 0 Å². The van der Waals surface area contributed by atoms with Gasteiger partial charge < -0.3 is 35.2 Å². The van der Waals surface area contributed by atoms with Gasteiger partial charge in [-0.3, -0.25) is 9.59 Å². The Balaban J connectivity index is 1.49. The van der Waals surface area contributed by atoms with Crippen LogP contribution in [-0.2, 0) is 16.0 Å². The molecule has 2 amide bonds. The lowest BCUT2D eigenvalue weighted by Crippen LogP contribution is -2.55. The number of hydrogen-bond donors (Lipinski definition) is 5. The van der Waals surface area contributed by atoms with E-state index in [1.807, 2.05) is 49.3 Å². The topological polar surface area (TPSA) is 123 Å². The Bertz CT molecular complexity index is 1220. The Hall–Kier alpha value is -2.63. The van der Waals surface area contributed by atoms with E-state index in [0.29, 0.717) is 31.7 Å². The zero-order valence-corrected chi connectivity index (χ0v) is 27.6. The number of carbonyl (C=O) groups is 2. The number of ether oxygens (including phenoxy) is 1. The SMILES string of the molecule is Cc1ccc([C@H]2[C@H](O)[C@H](O)[C@H](O)C[SH]2C)cc1Cc1ccc(OCCCC(=O)NC(C)(C)C(=O)N(C)CCN(C)C)cc1. The first-order valence-corrected chi connectivity index (χ1v) is 17.0. The fourth-order valence-corrected chi connectivity index (χ4v) is 7.85. The van der Waals surface area contributed by atoms with Crippen LogP contribution in [0.3, 0.4) is 0 Å². The highest BCUT2D eigenvalue weighted by molar-refractivity contribution is 8.16. The number of carbonyl (C=O) groups excluding carboxylic acids is 2. The molecule has 0 radical (unpaired) electrons. The summed E-state index contributed by atoms with van der Waals surface area (Å²) in [6, 6.07) is 14.1. The van der Waals surface area contributed by atoms with E-state index < -0.39 is 34.7 Å². The fraction of sp³-hybridized carbons (Fsp3) is 0.576. The van der Waals surface area contributed by atoms with Crippen molar-refractivity contribution in [2.75, 3.05) is 52.8 Å². The lowest BCUT2D eigenvalue weighted by molar-refractivity contribution is -0.139. The van der Waals surface area contributed by atoms with Gasteiger partial charge in [-0.1, -0.05) is 30.3 Å². The summed E-state index contributed by atoms with van der Waals surface area (Å²) in [5.41, 5.74) is 3.44. The van der Waals surface area contributed by atoms with Crippen LogP contribution in [0.5, 0.6) is 5.75 Å². The van der Waals surface area contributed by atoms with Crippen LogP contribution in [0.4, 0.5) is 0 Å². The molecule has 1 heterocycles. The molecule has 2 aromatic carbocycles. The lowest BCUT2D eigenvalue weighted by atomic mass is 9.94. The molecule has 9 nitrogen and oxygen atoms in total. The second-order valence-electron chi connectivity index (χ2n) is 12.6. The summed E-state index contributed by atoms with van der Waals surface area (Å²) in [6.07, 6.45) is 0.588. The van der Waals surface area contributed by atoms with E-state index in [0.717, 1.165) is 34.5 Å². The van der Waals surface area contributed by atoms with Crippen molar-refractivity contribution in [3.63, 3.8) is 0 Å². The van der Waals surface area contributed by atoms with Gasteiger partial charge in [0.15, 0.2) is 0 Å². The fourth-order valence-electron chi connectivity index (χ4n) is 5.45. The number of thiol groups is 1. The second-order valence-corrected chi connectivity index (χ2v) is 15.0. The van der Waals surface area contributed by atoms with E-state index >= 15 is 0 Å². The maximum Gasteiger partial charge on any atom is 0.247 e. The van der Waals surface area contributed by atoms with Gasteiger partial charge in [0, 0.05) is 37.6 Å². The van der Waals surface area contributed by atoms with Crippen molar-refractivity contribution in [3.8, 4) is 5.75 Å². The summed E-state index contributed by atoms with van der Waals surface area (Å²) < 4.78 is 5.87. The van der Waals surface area contributed by atoms with Crippen molar-refractivity contribution in [2.24, 2.45) is 0 Å². The van der Waals surface area contributed by atoms with Crippen molar-refractivity contribution in [3.05, 3.63) is 64.7 Å². The molecule has 1 aliphatic rings. The van der Waals surface area contributed by atoms with Crippen molar-refractivity contribution < 1.29 is 29.6 Å². The van der Waals surface area contributed by atoms with Crippen LogP contribution in [0, 0.1) is 6.92 Å². The van der Waals surface area contributed by atoms with Gasteiger partial charge in [-0.15, -0.1) is 0 Å². The molecule has 4 N–H and O–H groups in total. The molecular weight excluding hydrogens is 566 g/mol. The molecule has 1 saturated heterocycles. The van der Waals surface area contributed by atoms with Crippen LogP contribution in [0.25, 0.3) is 0 Å². The van der Waals surface area contributed by atoms with Crippen LogP contribution in [0.2, 0.25) is 0 Å². The Morgan fingerprint density at radius 3 is 2.35 bits per heavy atom. The monoisotopic (exact) mass is 617 g/mol. The number of nitrogens with one attached hydrogen (secondary N) is 1. The molecule has 3 rings (SSSR count). The van der Waals surface area contributed by atoms with Crippen LogP contribution in [0.1, 0.15) is 54.2 Å². The average molecular weight is 618 g/mol. The number of aryl methyl sites for hydroxylation is 1. The van der Waals surface area contributed by atoms with Gasteiger partial charge in [-0.2, -0.15) is 0 Å². The normalized spacial score (nSPS) is 23.2. The van der Waals surface area contributed by atoms with Gasteiger partial charge in [0.1, 0.15) is 17.4 Å². The highest BCUT2D eigenvalue weighted by Crippen LogP contribution is 2.48. The molecule has 1 fully saturated rings. The van der Waals surface area contributed by atoms with E-state index in [9.17, 15) is 24.9 Å². The maximum absolute atomic E-state index is 12.8. The third kappa shape index (κ3) is 9.68. The number of rotatable bonds is 13. The molecule has 5 atom stereocenters. The number of benzene rings is 2. The molecule has 43 heavy (non-hydrogen) atoms. The number of hydrogen-bond acceptors (Lipinski definition) is 7. The first-order valence-electron chi connectivity index (χ1n) is 15.0. The Morgan fingerprint density at radius 1 is 1.02 bits per heavy atom. The number of amides is 2. The highest BCUT2D eigenvalue weighted by Gasteiger charge is 2.40. The zero-order chi connectivity index (χ0) is 31.9. The Labute approximate surface area is 259 Å². The van der Waals surface area contributed by atoms with Crippen molar-refractivity contribution in [2.45, 2.75) is 69.1 Å². The summed E-state index contributed by atoms with van der Waals surface area (Å²) in [5.74, 6) is 0.932. The van der Waals surface area contributed by atoms with Gasteiger partial charge in [-0.05, 0) is 88.4 Å². The number of likely N-dealkylation sites (N-methyl/N-ethyl adjacent to an activating group) is 2. The molecule has 0 spiro atoms. The Kier molecular flexibility index (Phi) is 12.5. The molecular formula is C33H51N3O6S. The van der Waals surface area contributed by atoms with E-state index in [1.54, 1.807) is 25.8 Å². The summed E-state index contributed by atoms with van der Waals surface area (Å²) in [4.78, 5) is 28.9. The molecule has 0 bridgehead atoms. The summed E-state index contributed by atoms with van der Waals surface area (Å²) in [6.45, 7) is 7.25. The van der Waals surface area contributed by atoms with Gasteiger partial charge in [-0.25, -0.2) is 10.9 Å². The molecule has 0 aliphatic carbocycles. The minimum absolute atomic E-state index is 0.124. The van der Waals surface area contributed by atoms with E-state index in [2.05, 4.69) is 30.6 Å². The number of nitrogens with zero attached hydrogens (tertiary/aromatic N) is 2. The first-order chi connectivity index (χ1) is 20.2. The quantitative estimate of drug-likeness (QED) is 0.173. The van der Waals surface area contributed by atoms with Gasteiger partial charge in [0.2, 0.25) is 11.8 Å². The van der Waals surface area contributed by atoms with E-state index in [4.69, 9.17) is 4.74 Å². The predicted octanol–water partition coefficient (Wildman–Crippen LogP) is 2.43. The highest BCUT2D eigenvalue weighted by atomic mass is 32.2. The van der Waals surface area contributed by atoms with Crippen LogP contribution in [0.15, 0.2) is 42.5 Å². The zero-order valence-electron chi connectivity index (χ0n) is 26.7. The summed E-state index contributed by atoms with van der Waals surface area (Å²) in [7, 11) is 4.99. The lowest BCUT2D eigenvalue weighted by Gasteiger charge is -2.42. The van der Waals surface area contributed by atoms with Crippen molar-refractivity contribution in [1.82, 2.24) is 15.1 Å². The van der Waals surface area contributed by atoms with E-state index in [-0.39, 0.29) is 23.5 Å². The largest absolute Gasteiger partial charge is 0.494 e. The van der Waals surface area contributed by atoms with Crippen LogP contribution in [-0.4, -0.2) is 114 Å². The van der Waals surface area contributed by atoms with Crippen LogP contribution >= 0.6 is 10.9 Å². The van der Waals surface area contributed by atoms with E-state index in [1.165, 1.54) is 0 Å². The second kappa shape index (κ2) is 15.4. The Morgan fingerprint density at radius 2 is 1.70 bits per heavy atom. The molecule has 0 saturated carbocycles. The third-order valence-corrected chi connectivity index (χ3v) is 10.6. The predicted molar refractivity (Wildman–Crippen MR) is 174 cm³/mol. The third-order valence-electron chi connectivity index (χ3n) is 8.08. The molecule has 0 aromatic heterocycles. The van der Waals surface area contributed by atoms with Gasteiger partial charge in [0.05, 0.1) is 18.8 Å². The van der Waals surface area contributed by atoms with Gasteiger partial charge >= 0.3 is 0 Å². The maximum atomic E-state index is 12.8. The van der Waals surface area contributed by atoms with Crippen molar-refractivity contribution >= 4 is 22.7 Å². The molecule has 240 valence electrons. The summed E-state index contributed by atoms with van der Waals surface area (Å²) >= 11 is 0. The minimum atomic E-state index is -1.13. The smallest absolute Gasteiger partial charge is 0.247 e. The first kappa shape index (κ1) is 34.9. The summed E-state index contributed by atoms with van der Waals surface area (Å²) in [5, 5.41) is 33.7. The standard InChI is InChI=1S/C33H51N3O6S/c1-22-10-13-24(31-30(40)29(39)27(37)21-43(31)7)20-25(22)19-23-11-14-26(15-12-23)42-18-8-9-28(38)34-33(2,3)32(41)36(6)17-16-35(4)5/h10-15,20,27,29-31,37,39-40,43H,8-9,16-19,21H2,1-7H3,(H,34,38)/t27-,29-,30-,31+/m1/s1. The number of aliphatic hydroxyl groups excluding tert-OH is 3. The molecule has 1 aliphatic heterocycles.